The van der Waals surface area contributed by atoms with Gasteiger partial charge in [0.05, 0.1) is 12.7 Å². The van der Waals surface area contributed by atoms with E-state index in [4.69, 9.17) is 0 Å². The second-order valence-electron chi connectivity index (χ2n) is 4.01. The number of anilines is 1. The van der Waals surface area contributed by atoms with Gasteiger partial charge >= 0.3 is 5.97 Å². The summed E-state index contributed by atoms with van der Waals surface area (Å²) < 4.78 is 30.3. The zero-order valence-corrected chi connectivity index (χ0v) is 10.9. The van der Waals surface area contributed by atoms with E-state index in [0.29, 0.717) is 0 Å². The molecule has 1 N–H and O–H groups in total. The molecule has 0 aliphatic rings. The largest absolute Gasteiger partial charge is 0.465 e. The Morgan fingerprint density at radius 1 is 1.14 bits per heavy atom. The fraction of sp³-hybridized carbons (Fsp3) is 0.0714. The predicted molar refractivity (Wildman–Crippen MR) is 69.9 cm³/mol. The lowest BCUT2D eigenvalue weighted by molar-refractivity contribution is 0.0600. The van der Waals surface area contributed by atoms with Crippen molar-refractivity contribution < 1.29 is 23.1 Å². The third-order valence-corrected chi connectivity index (χ3v) is 2.59. The Morgan fingerprint density at radius 2 is 1.90 bits per heavy atom. The monoisotopic (exact) mass is 292 g/mol. The predicted octanol–water partition coefficient (Wildman–Crippen LogP) is 2.40. The van der Waals surface area contributed by atoms with Crippen LogP contribution in [0.2, 0.25) is 0 Å². The van der Waals surface area contributed by atoms with Gasteiger partial charge in [0.2, 0.25) is 0 Å². The van der Waals surface area contributed by atoms with E-state index in [1.165, 1.54) is 31.5 Å². The van der Waals surface area contributed by atoms with Crippen molar-refractivity contribution in [2.45, 2.75) is 0 Å². The molecule has 0 aliphatic heterocycles. The van der Waals surface area contributed by atoms with Crippen LogP contribution in [-0.2, 0) is 4.74 Å². The lowest BCUT2D eigenvalue weighted by Crippen LogP contribution is -2.14. The summed E-state index contributed by atoms with van der Waals surface area (Å²) in [5.74, 6) is -3.26. The minimum atomic E-state index is -1.07. The Balaban J connectivity index is 2.13. The Bertz CT molecular complexity index is 687. The molecule has 0 fully saturated rings. The van der Waals surface area contributed by atoms with Crippen LogP contribution in [0.15, 0.2) is 36.5 Å². The van der Waals surface area contributed by atoms with E-state index >= 15 is 0 Å². The molecule has 1 aromatic carbocycles. The summed E-state index contributed by atoms with van der Waals surface area (Å²) in [6.07, 6.45) is 1.19. The average Bonchev–Trinajstić information content (AvgIpc) is 2.50. The van der Waals surface area contributed by atoms with Crippen LogP contribution < -0.4 is 5.32 Å². The molecule has 1 amide bonds. The van der Waals surface area contributed by atoms with Gasteiger partial charge < -0.3 is 10.1 Å². The number of methoxy groups -OCH3 is 1. The number of hydrogen-bond donors (Lipinski definition) is 1. The van der Waals surface area contributed by atoms with Crippen LogP contribution in [0.25, 0.3) is 0 Å². The highest BCUT2D eigenvalue weighted by Gasteiger charge is 2.11. The van der Waals surface area contributed by atoms with Gasteiger partial charge in [0, 0.05) is 18.0 Å². The van der Waals surface area contributed by atoms with Crippen molar-refractivity contribution in [1.82, 2.24) is 4.98 Å². The zero-order chi connectivity index (χ0) is 15.4. The highest BCUT2D eigenvalue weighted by atomic mass is 19.2. The van der Waals surface area contributed by atoms with Gasteiger partial charge in [-0.3, -0.25) is 9.78 Å². The van der Waals surface area contributed by atoms with Crippen LogP contribution in [-0.4, -0.2) is 24.0 Å². The molecular formula is C14H10F2N2O3. The summed E-state index contributed by atoms with van der Waals surface area (Å²) >= 11 is 0. The minimum absolute atomic E-state index is 0.0207. The van der Waals surface area contributed by atoms with Crippen molar-refractivity contribution in [3.63, 3.8) is 0 Å². The van der Waals surface area contributed by atoms with Crippen molar-refractivity contribution in [3.05, 3.63) is 59.4 Å². The Labute approximate surface area is 118 Å². The van der Waals surface area contributed by atoms with Gasteiger partial charge in [-0.15, -0.1) is 0 Å². The second-order valence-corrected chi connectivity index (χ2v) is 4.01. The number of pyridine rings is 1. The van der Waals surface area contributed by atoms with Gasteiger partial charge in [0.25, 0.3) is 5.91 Å². The maximum absolute atomic E-state index is 13.0. The lowest BCUT2D eigenvalue weighted by atomic mass is 10.2. The van der Waals surface area contributed by atoms with Crippen molar-refractivity contribution in [1.29, 1.82) is 0 Å². The summed E-state index contributed by atoms with van der Waals surface area (Å²) in [5.41, 5.74) is 0.312. The first kappa shape index (κ1) is 14.6. The van der Waals surface area contributed by atoms with E-state index in [2.05, 4.69) is 15.0 Å². The standard InChI is InChI=1S/C14H10F2N2O3/c1-21-14(20)8-2-5-12(17-7-8)13(19)18-9-3-4-10(15)11(16)6-9/h2-7H,1H3,(H,18,19). The number of carbonyl (C=O) groups is 2. The van der Waals surface area contributed by atoms with E-state index in [9.17, 15) is 18.4 Å². The summed E-state index contributed by atoms with van der Waals surface area (Å²) in [6, 6.07) is 5.67. The van der Waals surface area contributed by atoms with Crippen LogP contribution in [0.3, 0.4) is 0 Å². The first-order valence-electron chi connectivity index (χ1n) is 5.82. The molecule has 1 heterocycles. The quantitative estimate of drug-likeness (QED) is 0.882. The van der Waals surface area contributed by atoms with Gasteiger partial charge in [-0.05, 0) is 24.3 Å². The number of aromatic nitrogens is 1. The van der Waals surface area contributed by atoms with Crippen LogP contribution in [0.1, 0.15) is 20.8 Å². The average molecular weight is 292 g/mol. The van der Waals surface area contributed by atoms with Crippen molar-refractivity contribution >= 4 is 17.6 Å². The SMILES string of the molecule is COC(=O)c1ccc(C(=O)Nc2ccc(F)c(F)c2)nc1. The molecule has 5 nitrogen and oxygen atoms in total. The number of carbonyl (C=O) groups excluding carboxylic acids is 2. The summed E-state index contributed by atoms with van der Waals surface area (Å²) in [6.45, 7) is 0. The van der Waals surface area contributed by atoms with Crippen molar-refractivity contribution in [3.8, 4) is 0 Å². The number of benzene rings is 1. The second kappa shape index (κ2) is 6.08. The number of halogens is 2. The van der Waals surface area contributed by atoms with Gasteiger partial charge in [-0.25, -0.2) is 13.6 Å². The molecule has 0 radical (unpaired) electrons. The van der Waals surface area contributed by atoms with Crippen molar-refractivity contribution in [2.24, 2.45) is 0 Å². The third-order valence-electron chi connectivity index (χ3n) is 2.59. The number of amides is 1. The summed E-state index contributed by atoms with van der Waals surface area (Å²) in [4.78, 5) is 26.9. The van der Waals surface area contributed by atoms with Gasteiger partial charge in [-0.1, -0.05) is 0 Å². The summed E-state index contributed by atoms with van der Waals surface area (Å²) in [7, 11) is 1.23. The molecular weight excluding hydrogens is 282 g/mol. The Kier molecular flexibility index (Phi) is 4.22. The third kappa shape index (κ3) is 3.38. The number of nitrogens with one attached hydrogen (secondary N) is 1. The lowest BCUT2D eigenvalue weighted by Gasteiger charge is -2.05. The molecule has 7 heteroatoms. The Hall–Kier alpha value is -2.83. The van der Waals surface area contributed by atoms with Crippen LogP contribution in [0.4, 0.5) is 14.5 Å². The van der Waals surface area contributed by atoms with Gasteiger partial charge in [0.15, 0.2) is 11.6 Å². The molecule has 0 unspecified atom stereocenters. The molecule has 0 atom stereocenters. The number of ether oxygens (including phenoxy) is 1. The topological polar surface area (TPSA) is 68.3 Å². The Morgan fingerprint density at radius 3 is 2.48 bits per heavy atom. The first-order valence-corrected chi connectivity index (χ1v) is 5.82. The molecule has 0 spiro atoms. The first-order chi connectivity index (χ1) is 10.0. The van der Waals surface area contributed by atoms with Crippen molar-refractivity contribution in [2.75, 3.05) is 12.4 Å². The molecule has 2 rings (SSSR count). The molecule has 1 aromatic heterocycles. The van der Waals surface area contributed by atoms with E-state index in [1.807, 2.05) is 0 Å². The van der Waals surface area contributed by atoms with Gasteiger partial charge in [0.1, 0.15) is 5.69 Å². The number of nitrogens with zero attached hydrogens (tertiary/aromatic N) is 1. The van der Waals surface area contributed by atoms with Gasteiger partial charge in [-0.2, -0.15) is 0 Å². The van der Waals surface area contributed by atoms with Crippen LogP contribution in [0.5, 0.6) is 0 Å². The highest BCUT2D eigenvalue weighted by molar-refractivity contribution is 6.03. The smallest absolute Gasteiger partial charge is 0.339 e. The molecule has 21 heavy (non-hydrogen) atoms. The van der Waals surface area contributed by atoms with E-state index in [-0.39, 0.29) is 16.9 Å². The van der Waals surface area contributed by atoms with E-state index in [0.717, 1.165) is 12.1 Å². The molecule has 2 aromatic rings. The fourth-order valence-electron chi connectivity index (χ4n) is 1.54. The minimum Gasteiger partial charge on any atom is -0.465 e. The molecule has 108 valence electrons. The molecule has 0 aliphatic carbocycles. The molecule has 0 saturated heterocycles. The van der Waals surface area contributed by atoms with Crippen LogP contribution in [0, 0.1) is 11.6 Å². The van der Waals surface area contributed by atoms with E-state index in [1.54, 1.807) is 0 Å². The van der Waals surface area contributed by atoms with E-state index < -0.39 is 23.5 Å². The zero-order valence-electron chi connectivity index (χ0n) is 10.9. The number of hydrogen-bond acceptors (Lipinski definition) is 4. The number of esters is 1. The molecule has 0 bridgehead atoms. The fourth-order valence-corrected chi connectivity index (χ4v) is 1.54. The number of rotatable bonds is 3. The maximum Gasteiger partial charge on any atom is 0.339 e. The normalized spacial score (nSPS) is 10.0. The molecule has 0 saturated carbocycles. The summed E-state index contributed by atoms with van der Waals surface area (Å²) in [5, 5.41) is 2.36. The highest BCUT2D eigenvalue weighted by Crippen LogP contribution is 2.14. The van der Waals surface area contributed by atoms with Crippen LogP contribution >= 0.6 is 0 Å². The maximum atomic E-state index is 13.0.